The molecule has 0 fully saturated rings. The first kappa shape index (κ1) is 23.5. The topological polar surface area (TPSA) is 99.2 Å². The van der Waals surface area contributed by atoms with Crippen molar-refractivity contribution in [2.45, 2.75) is 52.6 Å². The summed E-state index contributed by atoms with van der Waals surface area (Å²) in [5.41, 5.74) is 4.60. The monoisotopic (exact) mass is 482 g/mol. The number of imidazole rings is 1. The van der Waals surface area contributed by atoms with E-state index in [9.17, 15) is 4.79 Å². The smallest absolute Gasteiger partial charge is 0.334 e. The zero-order valence-corrected chi connectivity index (χ0v) is 20.6. The molecule has 0 radical (unpaired) electrons. The molecule has 4 heterocycles. The van der Waals surface area contributed by atoms with Crippen LogP contribution in [0.25, 0.3) is 28.5 Å². The van der Waals surface area contributed by atoms with Gasteiger partial charge in [-0.2, -0.15) is 0 Å². The van der Waals surface area contributed by atoms with Crippen molar-refractivity contribution < 1.29 is 0 Å². The lowest BCUT2D eigenvalue weighted by Crippen LogP contribution is -2.26. The Balaban J connectivity index is 1.45. The van der Waals surface area contributed by atoms with Crippen LogP contribution < -0.4 is 5.69 Å². The van der Waals surface area contributed by atoms with Crippen molar-refractivity contribution in [1.82, 2.24) is 39.3 Å². The number of unbranched alkanes of at least 4 members (excludes halogenated alkanes) is 1. The van der Waals surface area contributed by atoms with E-state index in [0.717, 1.165) is 66.1 Å². The van der Waals surface area contributed by atoms with Crippen molar-refractivity contribution in [3.63, 3.8) is 0 Å². The average Bonchev–Trinajstić information content (AvgIpc) is 3.66. The van der Waals surface area contributed by atoms with Crippen LogP contribution >= 0.6 is 0 Å². The van der Waals surface area contributed by atoms with E-state index in [1.165, 1.54) is 0 Å². The first-order valence-electron chi connectivity index (χ1n) is 12.4. The van der Waals surface area contributed by atoms with Gasteiger partial charge in [0.05, 0.1) is 12.2 Å². The third kappa shape index (κ3) is 4.64. The first-order chi connectivity index (χ1) is 17.7. The maximum atomic E-state index is 13.5. The van der Waals surface area contributed by atoms with Crippen LogP contribution in [0.2, 0.25) is 0 Å². The number of hydrogen-bond donors (Lipinski definition) is 1. The van der Waals surface area contributed by atoms with Gasteiger partial charge in [-0.25, -0.2) is 9.89 Å². The zero-order chi connectivity index (χ0) is 24.9. The lowest BCUT2D eigenvalue weighted by molar-refractivity contribution is 0.614. The van der Waals surface area contributed by atoms with Crippen LogP contribution in [0.1, 0.15) is 44.4 Å². The number of aryl methyl sites for hydroxylation is 2. The minimum absolute atomic E-state index is 0.0258. The second kappa shape index (κ2) is 10.6. The summed E-state index contributed by atoms with van der Waals surface area (Å²) in [5, 5.41) is 14.2. The summed E-state index contributed by atoms with van der Waals surface area (Å²) < 4.78 is 5.80. The summed E-state index contributed by atoms with van der Waals surface area (Å²) in [6.07, 6.45) is 9.86. The quantitative estimate of drug-likeness (QED) is 0.316. The van der Waals surface area contributed by atoms with E-state index in [-0.39, 0.29) is 5.69 Å². The molecule has 0 spiro atoms. The lowest BCUT2D eigenvalue weighted by Gasteiger charge is -2.09. The van der Waals surface area contributed by atoms with Crippen LogP contribution in [-0.4, -0.2) is 39.3 Å². The number of H-pyrrole nitrogens is 1. The van der Waals surface area contributed by atoms with E-state index in [4.69, 9.17) is 4.98 Å². The number of rotatable bonds is 10. The molecule has 0 aliphatic rings. The van der Waals surface area contributed by atoms with Crippen LogP contribution in [0, 0.1) is 0 Å². The molecule has 0 saturated heterocycles. The van der Waals surface area contributed by atoms with Crippen molar-refractivity contribution >= 4 is 0 Å². The SMILES string of the molecule is CCCCn1cccc1-n1cc(CCC)n(Cc2ccc(-c3ccccc3-c3nnn[nH]3)nc2)c1=O. The van der Waals surface area contributed by atoms with Gasteiger partial charge in [-0.1, -0.05) is 57.0 Å². The highest BCUT2D eigenvalue weighted by Gasteiger charge is 2.16. The highest BCUT2D eigenvalue weighted by atomic mass is 16.1. The molecule has 36 heavy (non-hydrogen) atoms. The Morgan fingerprint density at radius 2 is 1.83 bits per heavy atom. The zero-order valence-electron chi connectivity index (χ0n) is 20.6. The van der Waals surface area contributed by atoms with E-state index in [1.54, 1.807) is 4.57 Å². The first-order valence-corrected chi connectivity index (χ1v) is 12.4. The third-order valence-corrected chi connectivity index (χ3v) is 6.34. The van der Waals surface area contributed by atoms with Crippen molar-refractivity contribution in [2.75, 3.05) is 0 Å². The van der Waals surface area contributed by atoms with Gasteiger partial charge in [0, 0.05) is 42.0 Å². The van der Waals surface area contributed by atoms with Gasteiger partial charge in [-0.15, -0.1) is 5.10 Å². The maximum Gasteiger partial charge on any atom is 0.334 e. The van der Waals surface area contributed by atoms with E-state index in [0.29, 0.717) is 12.4 Å². The molecular weight excluding hydrogens is 452 g/mol. The predicted octanol–water partition coefficient (Wildman–Crippen LogP) is 4.48. The molecular formula is C27H30N8O. The van der Waals surface area contributed by atoms with Gasteiger partial charge in [-0.3, -0.25) is 14.1 Å². The molecule has 9 nitrogen and oxygen atoms in total. The van der Waals surface area contributed by atoms with Crippen molar-refractivity contribution in [1.29, 1.82) is 0 Å². The van der Waals surface area contributed by atoms with Crippen LogP contribution in [0.4, 0.5) is 0 Å². The fourth-order valence-corrected chi connectivity index (χ4v) is 4.50. The number of tetrazole rings is 1. The van der Waals surface area contributed by atoms with Gasteiger partial charge in [0.1, 0.15) is 5.82 Å². The molecule has 0 saturated carbocycles. The van der Waals surface area contributed by atoms with Gasteiger partial charge >= 0.3 is 5.69 Å². The molecule has 0 atom stereocenters. The van der Waals surface area contributed by atoms with E-state index in [1.807, 2.05) is 71.7 Å². The Kier molecular flexibility index (Phi) is 6.88. The number of nitrogens with zero attached hydrogens (tertiary/aromatic N) is 7. The molecule has 9 heteroatoms. The average molecular weight is 483 g/mol. The molecule has 5 rings (SSSR count). The Labute approximate surface area is 209 Å². The highest BCUT2D eigenvalue weighted by molar-refractivity contribution is 5.78. The van der Waals surface area contributed by atoms with E-state index < -0.39 is 0 Å². The number of hydrogen-bond acceptors (Lipinski definition) is 5. The molecule has 0 unspecified atom stereocenters. The van der Waals surface area contributed by atoms with Gasteiger partial charge in [0.15, 0.2) is 5.82 Å². The number of nitrogens with one attached hydrogen (secondary N) is 1. The molecule has 0 aliphatic heterocycles. The Morgan fingerprint density at radius 3 is 2.56 bits per heavy atom. The van der Waals surface area contributed by atoms with Gasteiger partial charge < -0.3 is 4.57 Å². The standard InChI is InChI=1S/C27H30N8O/c1-3-5-15-33-16-8-12-25(33)35-19-21(9-4-2)34(27(35)36)18-20-13-14-24(28-17-20)22-10-6-7-11-23(22)26-29-31-32-30-26/h6-8,10-14,16-17,19H,3-5,9,15,18H2,1-2H3,(H,29,30,31,32). The molecule has 184 valence electrons. The van der Waals surface area contributed by atoms with Gasteiger partial charge in [0.25, 0.3) is 0 Å². The minimum atomic E-state index is -0.0258. The number of aromatic amines is 1. The summed E-state index contributed by atoms with van der Waals surface area (Å²) in [7, 11) is 0. The lowest BCUT2D eigenvalue weighted by atomic mass is 10.0. The van der Waals surface area contributed by atoms with Crippen molar-refractivity contribution in [3.8, 4) is 28.5 Å². The molecule has 0 aliphatic carbocycles. The van der Waals surface area contributed by atoms with Gasteiger partial charge in [0.2, 0.25) is 0 Å². The van der Waals surface area contributed by atoms with Crippen molar-refractivity contribution in [2.24, 2.45) is 0 Å². The maximum absolute atomic E-state index is 13.5. The Hall–Kier alpha value is -4.27. The predicted molar refractivity (Wildman–Crippen MR) is 139 cm³/mol. The molecule has 0 amide bonds. The van der Waals surface area contributed by atoms with Gasteiger partial charge in [-0.05, 0) is 47.0 Å². The van der Waals surface area contributed by atoms with E-state index >= 15 is 0 Å². The summed E-state index contributed by atoms with van der Waals surface area (Å²) >= 11 is 0. The van der Waals surface area contributed by atoms with Crippen LogP contribution in [-0.2, 0) is 19.5 Å². The largest absolute Gasteiger partial charge is 0.334 e. The number of benzene rings is 1. The summed E-state index contributed by atoms with van der Waals surface area (Å²) in [5.74, 6) is 1.51. The minimum Gasteiger partial charge on any atom is -0.334 e. The fourth-order valence-electron chi connectivity index (χ4n) is 4.50. The summed E-state index contributed by atoms with van der Waals surface area (Å²) in [6.45, 7) is 5.68. The molecule has 5 aromatic rings. The normalized spacial score (nSPS) is 11.3. The Bertz CT molecular complexity index is 1480. The second-order valence-electron chi connectivity index (χ2n) is 8.87. The fraction of sp³-hybridized carbons (Fsp3) is 0.296. The van der Waals surface area contributed by atoms with E-state index in [2.05, 4.69) is 39.0 Å². The highest BCUT2D eigenvalue weighted by Crippen LogP contribution is 2.28. The van der Waals surface area contributed by atoms with Crippen LogP contribution in [0.3, 0.4) is 0 Å². The summed E-state index contributed by atoms with van der Waals surface area (Å²) in [4.78, 5) is 18.2. The van der Waals surface area contributed by atoms with Crippen LogP contribution in [0.15, 0.2) is 71.9 Å². The van der Waals surface area contributed by atoms with Crippen molar-refractivity contribution in [3.05, 3.63) is 88.9 Å². The summed E-state index contributed by atoms with van der Waals surface area (Å²) in [6, 6.07) is 15.9. The van der Waals surface area contributed by atoms with Crippen LogP contribution in [0.5, 0.6) is 0 Å². The number of aromatic nitrogens is 8. The molecule has 1 aromatic carbocycles. The second-order valence-corrected chi connectivity index (χ2v) is 8.87. The molecule has 1 N–H and O–H groups in total. The molecule has 4 aromatic heterocycles. The number of pyridine rings is 1. The third-order valence-electron chi connectivity index (χ3n) is 6.34. The Morgan fingerprint density at radius 1 is 0.972 bits per heavy atom. The molecule has 0 bridgehead atoms.